The molecule has 0 heterocycles. The van der Waals surface area contributed by atoms with Gasteiger partial charge in [0.2, 0.25) is 0 Å². The molecule has 1 atom stereocenters. The molecule has 0 amide bonds. The number of nitrogens with zero attached hydrogens (tertiary/aromatic N) is 1. The van der Waals surface area contributed by atoms with Gasteiger partial charge in [0.25, 0.3) is 0 Å². The summed E-state index contributed by atoms with van der Waals surface area (Å²) in [7, 11) is -3.32. The molecular formula is C11H25NO6S. The van der Waals surface area contributed by atoms with Gasteiger partial charge >= 0.3 is 0 Å². The van der Waals surface area contributed by atoms with Gasteiger partial charge in [-0.05, 0) is 13.8 Å². The summed E-state index contributed by atoms with van der Waals surface area (Å²) in [5, 5.41) is 37.9. The molecule has 0 radical (unpaired) electrons. The van der Waals surface area contributed by atoms with Crippen LogP contribution in [-0.2, 0) is 9.84 Å². The zero-order chi connectivity index (χ0) is 15.3. The highest BCUT2D eigenvalue weighted by atomic mass is 32.2. The molecule has 0 spiro atoms. The van der Waals surface area contributed by atoms with Crippen molar-refractivity contribution < 1.29 is 28.8 Å². The minimum atomic E-state index is -3.32. The van der Waals surface area contributed by atoms with E-state index in [0.717, 1.165) is 6.26 Å². The fourth-order valence-electron chi connectivity index (χ4n) is 2.00. The number of aliphatic hydroxyl groups excluding tert-OH is 4. The second kappa shape index (κ2) is 7.51. The van der Waals surface area contributed by atoms with Gasteiger partial charge in [-0.25, -0.2) is 8.42 Å². The van der Waals surface area contributed by atoms with Gasteiger partial charge in [0.1, 0.15) is 9.84 Å². The highest BCUT2D eigenvalue weighted by molar-refractivity contribution is 7.90. The molecule has 0 aromatic carbocycles. The maximum Gasteiger partial charge on any atom is 0.150 e. The first-order valence-corrected chi connectivity index (χ1v) is 8.13. The molecule has 1 unspecified atom stereocenters. The Labute approximate surface area is 114 Å². The van der Waals surface area contributed by atoms with Crippen LogP contribution in [-0.4, -0.2) is 89.8 Å². The predicted molar refractivity (Wildman–Crippen MR) is 71.5 cm³/mol. The molecule has 0 rings (SSSR count). The maximum absolute atomic E-state index is 11.1. The molecule has 0 aliphatic carbocycles. The van der Waals surface area contributed by atoms with Crippen LogP contribution in [0.15, 0.2) is 0 Å². The Morgan fingerprint density at radius 2 is 1.53 bits per heavy atom. The van der Waals surface area contributed by atoms with Gasteiger partial charge in [-0.3, -0.25) is 4.90 Å². The van der Waals surface area contributed by atoms with Gasteiger partial charge in [-0.1, -0.05) is 0 Å². The molecule has 4 N–H and O–H groups in total. The van der Waals surface area contributed by atoms with E-state index in [-0.39, 0.29) is 12.6 Å². The fraction of sp³-hybridized carbons (Fsp3) is 1.00. The van der Waals surface area contributed by atoms with Crippen molar-refractivity contribution in [2.75, 3.05) is 38.4 Å². The lowest BCUT2D eigenvalue weighted by atomic mass is 9.98. The largest absolute Gasteiger partial charge is 0.394 e. The minimum Gasteiger partial charge on any atom is -0.394 e. The summed E-state index contributed by atoms with van der Waals surface area (Å²) >= 11 is 0. The fourth-order valence-corrected chi connectivity index (χ4v) is 2.81. The lowest BCUT2D eigenvalue weighted by Crippen LogP contribution is -2.61. The summed E-state index contributed by atoms with van der Waals surface area (Å²) in [6.07, 6.45) is -0.130. The highest BCUT2D eigenvalue weighted by Crippen LogP contribution is 2.18. The Hall–Kier alpha value is -0.250. The SMILES string of the molecule is CC(C)N(CC(O)CS(C)(=O)=O)C(CO)(CO)CO. The molecule has 0 saturated carbocycles. The third-order valence-corrected chi connectivity index (χ3v) is 4.01. The Morgan fingerprint density at radius 1 is 1.11 bits per heavy atom. The van der Waals surface area contributed by atoms with Crippen LogP contribution in [0.5, 0.6) is 0 Å². The minimum absolute atomic E-state index is 0.0631. The molecule has 116 valence electrons. The zero-order valence-electron chi connectivity index (χ0n) is 11.7. The molecular weight excluding hydrogens is 274 g/mol. The molecule has 0 aliphatic rings. The van der Waals surface area contributed by atoms with Gasteiger partial charge in [0.05, 0.1) is 37.2 Å². The topological polar surface area (TPSA) is 118 Å². The third kappa shape index (κ3) is 5.72. The molecule has 0 bridgehead atoms. The summed E-state index contributed by atoms with van der Waals surface area (Å²) in [4.78, 5) is 1.52. The highest BCUT2D eigenvalue weighted by Gasteiger charge is 2.38. The Kier molecular flexibility index (Phi) is 7.41. The van der Waals surface area contributed by atoms with Gasteiger partial charge in [-0.15, -0.1) is 0 Å². The molecule has 7 nitrogen and oxygen atoms in total. The van der Waals surface area contributed by atoms with Crippen molar-refractivity contribution in [2.24, 2.45) is 0 Å². The van der Waals surface area contributed by atoms with E-state index in [4.69, 9.17) is 0 Å². The van der Waals surface area contributed by atoms with Gasteiger partial charge in [0, 0.05) is 18.8 Å². The van der Waals surface area contributed by atoms with Crippen molar-refractivity contribution >= 4 is 9.84 Å². The average molecular weight is 299 g/mol. The van der Waals surface area contributed by atoms with E-state index in [1.54, 1.807) is 13.8 Å². The first-order chi connectivity index (χ1) is 8.61. The number of sulfone groups is 1. The molecule has 0 aliphatic heterocycles. The van der Waals surface area contributed by atoms with E-state index in [2.05, 4.69) is 0 Å². The maximum atomic E-state index is 11.1. The van der Waals surface area contributed by atoms with E-state index in [1.165, 1.54) is 4.90 Å². The second-order valence-electron chi connectivity index (χ2n) is 5.19. The monoisotopic (exact) mass is 299 g/mol. The summed E-state index contributed by atoms with van der Waals surface area (Å²) in [6.45, 7) is 1.98. The number of hydrogen-bond donors (Lipinski definition) is 4. The van der Waals surface area contributed by atoms with Crippen molar-refractivity contribution in [2.45, 2.75) is 31.5 Å². The van der Waals surface area contributed by atoms with Crippen LogP contribution in [0.4, 0.5) is 0 Å². The third-order valence-electron chi connectivity index (χ3n) is 3.02. The molecule has 0 saturated heterocycles. The van der Waals surface area contributed by atoms with Gasteiger partial charge in [-0.2, -0.15) is 0 Å². The van der Waals surface area contributed by atoms with Gasteiger partial charge < -0.3 is 20.4 Å². The number of aliphatic hydroxyl groups is 4. The van der Waals surface area contributed by atoms with Gasteiger partial charge in [0.15, 0.2) is 0 Å². The number of hydrogen-bond acceptors (Lipinski definition) is 7. The van der Waals surface area contributed by atoms with Crippen LogP contribution in [0.1, 0.15) is 13.8 Å². The predicted octanol–water partition coefficient (Wildman–Crippen LogP) is -2.18. The molecule has 0 aromatic heterocycles. The lowest BCUT2D eigenvalue weighted by Gasteiger charge is -2.43. The van der Waals surface area contributed by atoms with Crippen LogP contribution in [0.2, 0.25) is 0 Å². The molecule has 8 heteroatoms. The summed E-state index contributed by atoms with van der Waals surface area (Å²) < 4.78 is 22.2. The normalized spacial score (nSPS) is 15.2. The van der Waals surface area contributed by atoms with Crippen molar-refractivity contribution in [3.63, 3.8) is 0 Å². The molecule has 0 fully saturated rings. The number of rotatable bonds is 9. The van der Waals surface area contributed by atoms with Crippen LogP contribution < -0.4 is 0 Å². The van der Waals surface area contributed by atoms with E-state index in [9.17, 15) is 28.8 Å². The van der Waals surface area contributed by atoms with Crippen molar-refractivity contribution in [1.82, 2.24) is 4.90 Å². The Morgan fingerprint density at radius 3 is 1.79 bits per heavy atom. The molecule has 0 aromatic rings. The smallest absolute Gasteiger partial charge is 0.150 e. The summed E-state index contributed by atoms with van der Waals surface area (Å²) in [6, 6.07) is -0.194. The zero-order valence-corrected chi connectivity index (χ0v) is 12.5. The van der Waals surface area contributed by atoms with Crippen LogP contribution in [0.25, 0.3) is 0 Å². The van der Waals surface area contributed by atoms with Crippen molar-refractivity contribution in [3.8, 4) is 0 Å². The van der Waals surface area contributed by atoms with E-state index in [0.29, 0.717) is 0 Å². The average Bonchev–Trinajstić information content (AvgIpc) is 2.28. The summed E-state index contributed by atoms with van der Waals surface area (Å²) in [5.74, 6) is -0.408. The van der Waals surface area contributed by atoms with E-state index >= 15 is 0 Å². The summed E-state index contributed by atoms with van der Waals surface area (Å²) in [5.41, 5.74) is -1.29. The Balaban J connectivity index is 5.02. The van der Waals surface area contributed by atoms with Crippen molar-refractivity contribution in [3.05, 3.63) is 0 Å². The van der Waals surface area contributed by atoms with Crippen LogP contribution in [0, 0.1) is 0 Å². The second-order valence-corrected chi connectivity index (χ2v) is 7.38. The van der Waals surface area contributed by atoms with E-state index < -0.39 is 47.1 Å². The Bertz CT molecular complexity index is 344. The quantitative estimate of drug-likeness (QED) is 0.382. The lowest BCUT2D eigenvalue weighted by molar-refractivity contribution is -0.0754. The molecule has 19 heavy (non-hydrogen) atoms. The first kappa shape index (κ1) is 18.8. The van der Waals surface area contributed by atoms with E-state index in [1.807, 2.05) is 0 Å². The number of β-amino-alcohol motifs (C(OH)–C–C–N with tert-alkyl or cyclic N) is 1. The van der Waals surface area contributed by atoms with Crippen LogP contribution >= 0.6 is 0 Å². The standard InChI is InChI=1S/C11H25NO6S/c1-9(2)12(11(6-13,7-14)8-15)4-10(16)5-19(3,17)18/h9-10,13-16H,4-8H2,1-3H3. The van der Waals surface area contributed by atoms with Crippen LogP contribution in [0.3, 0.4) is 0 Å². The first-order valence-electron chi connectivity index (χ1n) is 6.07. The van der Waals surface area contributed by atoms with Crippen molar-refractivity contribution in [1.29, 1.82) is 0 Å².